The first kappa shape index (κ1) is 13.3. The van der Waals surface area contributed by atoms with E-state index in [1.807, 2.05) is 68.6 Å². The van der Waals surface area contributed by atoms with Crippen LogP contribution in [0.5, 0.6) is 0 Å². The molecule has 19 heavy (non-hydrogen) atoms. The Morgan fingerprint density at radius 2 is 1.95 bits per heavy atom. The molecule has 0 fully saturated rings. The van der Waals surface area contributed by atoms with Gasteiger partial charge in [-0.2, -0.15) is 0 Å². The van der Waals surface area contributed by atoms with Gasteiger partial charge < -0.3 is 4.90 Å². The number of hydrogen-bond donors (Lipinski definition) is 0. The van der Waals surface area contributed by atoms with Gasteiger partial charge in [-0.1, -0.05) is 48.6 Å². The Morgan fingerprint density at radius 1 is 1.26 bits per heavy atom. The molecule has 1 aliphatic heterocycles. The fourth-order valence-corrected chi connectivity index (χ4v) is 2.03. The fraction of sp³-hybridized carbons (Fsp3) is 0.235. The summed E-state index contributed by atoms with van der Waals surface area (Å²) in [6.07, 6.45) is 9.43. The average molecular weight is 253 g/mol. The summed E-state index contributed by atoms with van der Waals surface area (Å²) in [6, 6.07) is 9.99. The van der Waals surface area contributed by atoms with Gasteiger partial charge in [0.25, 0.3) is 0 Å². The zero-order valence-corrected chi connectivity index (χ0v) is 11.4. The highest BCUT2D eigenvalue weighted by atomic mass is 16.2. The Balaban J connectivity index is 2.33. The number of hydrogen-bond acceptors (Lipinski definition) is 1. The van der Waals surface area contributed by atoms with Crippen LogP contribution >= 0.6 is 0 Å². The largest absolute Gasteiger partial charge is 0.307 e. The van der Waals surface area contributed by atoms with Gasteiger partial charge in [0.2, 0.25) is 5.91 Å². The molecule has 2 nitrogen and oxygen atoms in total. The van der Waals surface area contributed by atoms with Crippen molar-refractivity contribution in [3.63, 3.8) is 0 Å². The van der Waals surface area contributed by atoms with Gasteiger partial charge in [0.1, 0.15) is 0 Å². The van der Waals surface area contributed by atoms with Crippen LogP contribution in [0.1, 0.15) is 25.5 Å². The van der Waals surface area contributed by atoms with E-state index in [0.29, 0.717) is 0 Å². The Kier molecular flexibility index (Phi) is 3.70. The molecular formula is C17H19NO. The zero-order valence-electron chi connectivity index (χ0n) is 11.4. The van der Waals surface area contributed by atoms with E-state index in [0.717, 1.165) is 5.56 Å². The van der Waals surface area contributed by atoms with Crippen molar-refractivity contribution in [3.8, 4) is 0 Å². The van der Waals surface area contributed by atoms with Crippen LogP contribution in [0.25, 0.3) is 0 Å². The summed E-state index contributed by atoms with van der Waals surface area (Å²) >= 11 is 0. The topological polar surface area (TPSA) is 20.3 Å². The van der Waals surface area contributed by atoms with Gasteiger partial charge in [0, 0.05) is 6.20 Å². The second-order valence-corrected chi connectivity index (χ2v) is 5.22. The lowest BCUT2D eigenvalue weighted by molar-refractivity contribution is -0.136. The highest BCUT2D eigenvalue weighted by Gasteiger charge is 2.32. The van der Waals surface area contributed by atoms with Crippen LogP contribution < -0.4 is 0 Å². The minimum absolute atomic E-state index is 0.0436. The maximum Gasteiger partial charge on any atom is 0.236 e. The van der Waals surface area contributed by atoms with Gasteiger partial charge in [0.05, 0.1) is 11.5 Å². The third-order valence-corrected chi connectivity index (χ3v) is 3.39. The summed E-state index contributed by atoms with van der Waals surface area (Å²) in [4.78, 5) is 14.4. The van der Waals surface area contributed by atoms with Crippen LogP contribution in [0.4, 0.5) is 0 Å². The van der Waals surface area contributed by atoms with Crippen molar-refractivity contribution >= 4 is 5.91 Å². The molecule has 0 aliphatic carbocycles. The third-order valence-electron chi connectivity index (χ3n) is 3.39. The molecule has 2 heteroatoms. The number of benzene rings is 1. The second kappa shape index (κ2) is 5.27. The van der Waals surface area contributed by atoms with E-state index < -0.39 is 5.41 Å². The van der Waals surface area contributed by atoms with E-state index in [2.05, 4.69) is 6.58 Å². The van der Waals surface area contributed by atoms with Crippen molar-refractivity contribution in [1.82, 2.24) is 4.90 Å². The lowest BCUT2D eigenvalue weighted by Crippen LogP contribution is -2.39. The fourth-order valence-electron chi connectivity index (χ4n) is 2.03. The molecule has 1 heterocycles. The lowest BCUT2D eigenvalue weighted by atomic mass is 9.90. The summed E-state index contributed by atoms with van der Waals surface area (Å²) in [7, 11) is 0. The predicted molar refractivity (Wildman–Crippen MR) is 78.3 cm³/mol. The van der Waals surface area contributed by atoms with Crippen molar-refractivity contribution in [2.24, 2.45) is 5.41 Å². The molecular weight excluding hydrogens is 234 g/mol. The molecule has 1 aliphatic rings. The van der Waals surface area contributed by atoms with Crippen molar-refractivity contribution in [1.29, 1.82) is 0 Å². The minimum Gasteiger partial charge on any atom is -0.307 e. The summed E-state index contributed by atoms with van der Waals surface area (Å²) in [5, 5.41) is 0. The Bertz CT molecular complexity index is 525. The normalized spacial score (nSPS) is 18.4. The molecule has 0 aromatic heterocycles. The average Bonchev–Trinajstić information content (AvgIpc) is 2.47. The molecule has 1 aromatic carbocycles. The van der Waals surface area contributed by atoms with Gasteiger partial charge in [0.15, 0.2) is 0 Å². The smallest absolute Gasteiger partial charge is 0.236 e. The van der Waals surface area contributed by atoms with E-state index >= 15 is 0 Å². The van der Waals surface area contributed by atoms with Crippen LogP contribution in [-0.4, -0.2) is 10.8 Å². The summed E-state index contributed by atoms with van der Waals surface area (Å²) < 4.78 is 0. The molecule has 0 N–H and O–H groups in total. The molecule has 98 valence electrons. The second-order valence-electron chi connectivity index (χ2n) is 5.22. The maximum absolute atomic E-state index is 12.6. The van der Waals surface area contributed by atoms with Crippen molar-refractivity contribution < 1.29 is 4.79 Å². The number of amides is 1. The van der Waals surface area contributed by atoms with Gasteiger partial charge in [-0.15, -0.1) is 6.58 Å². The standard InChI is InChI=1S/C17H19NO/c1-4-17(2,3)16(19)18-13-9-8-12-15(18)14-10-6-5-7-11-14/h4-13,15H,1H2,2-3H3. The number of allylic oxidation sites excluding steroid dienone is 2. The lowest BCUT2D eigenvalue weighted by Gasteiger charge is -2.34. The quantitative estimate of drug-likeness (QED) is 0.749. The number of rotatable bonds is 3. The SMILES string of the molecule is C=CC(C)(C)C(=O)N1C=CC=CC1c1ccccc1. The van der Waals surface area contributed by atoms with Crippen molar-refractivity contribution in [2.75, 3.05) is 0 Å². The maximum atomic E-state index is 12.6. The molecule has 0 bridgehead atoms. The Hall–Kier alpha value is -2.09. The van der Waals surface area contributed by atoms with E-state index in [4.69, 9.17) is 0 Å². The first-order valence-electron chi connectivity index (χ1n) is 6.42. The van der Waals surface area contributed by atoms with Crippen LogP contribution in [0.3, 0.4) is 0 Å². The number of carbonyl (C=O) groups is 1. The number of nitrogens with zero attached hydrogens (tertiary/aromatic N) is 1. The zero-order chi connectivity index (χ0) is 13.9. The third kappa shape index (κ3) is 2.68. The highest BCUT2D eigenvalue weighted by molar-refractivity contribution is 5.85. The molecule has 0 saturated carbocycles. The molecule has 1 amide bonds. The van der Waals surface area contributed by atoms with E-state index in [9.17, 15) is 4.79 Å². The molecule has 1 aromatic rings. The van der Waals surface area contributed by atoms with Gasteiger partial charge in [-0.05, 0) is 25.5 Å². The van der Waals surface area contributed by atoms with E-state index in [1.165, 1.54) is 0 Å². The first-order chi connectivity index (χ1) is 9.06. The van der Waals surface area contributed by atoms with Crippen molar-refractivity contribution in [2.45, 2.75) is 19.9 Å². The van der Waals surface area contributed by atoms with Gasteiger partial charge >= 0.3 is 0 Å². The van der Waals surface area contributed by atoms with Gasteiger partial charge in [-0.25, -0.2) is 0 Å². The van der Waals surface area contributed by atoms with Crippen molar-refractivity contribution in [3.05, 3.63) is 73.0 Å². The first-order valence-corrected chi connectivity index (χ1v) is 6.42. The molecule has 0 saturated heterocycles. The van der Waals surface area contributed by atoms with Crippen LogP contribution in [0.15, 0.2) is 67.4 Å². The summed E-state index contributed by atoms with van der Waals surface area (Å²) in [5.41, 5.74) is 0.541. The number of carbonyl (C=O) groups excluding carboxylic acids is 1. The van der Waals surface area contributed by atoms with Gasteiger partial charge in [-0.3, -0.25) is 4.79 Å². The predicted octanol–water partition coefficient (Wildman–Crippen LogP) is 3.85. The molecule has 0 spiro atoms. The highest BCUT2D eigenvalue weighted by Crippen LogP contribution is 2.30. The molecule has 1 unspecified atom stereocenters. The summed E-state index contributed by atoms with van der Waals surface area (Å²) in [6.45, 7) is 7.53. The Labute approximate surface area is 114 Å². The van der Waals surface area contributed by atoms with Crippen LogP contribution in [0, 0.1) is 5.41 Å². The monoisotopic (exact) mass is 253 g/mol. The minimum atomic E-state index is -0.567. The van der Waals surface area contributed by atoms with Crippen LogP contribution in [0.2, 0.25) is 0 Å². The molecule has 0 radical (unpaired) electrons. The Morgan fingerprint density at radius 3 is 2.58 bits per heavy atom. The van der Waals surface area contributed by atoms with E-state index in [1.54, 1.807) is 11.0 Å². The molecule has 1 atom stereocenters. The summed E-state index contributed by atoms with van der Waals surface area (Å²) in [5.74, 6) is 0.0527. The van der Waals surface area contributed by atoms with E-state index in [-0.39, 0.29) is 11.9 Å². The molecule has 2 rings (SSSR count). The van der Waals surface area contributed by atoms with Crippen LogP contribution in [-0.2, 0) is 4.79 Å².